The third kappa shape index (κ3) is 1.39. The lowest BCUT2D eigenvalue weighted by Crippen LogP contribution is -2.22. The van der Waals surface area contributed by atoms with E-state index in [0.29, 0.717) is 0 Å². The van der Waals surface area contributed by atoms with E-state index in [1.165, 1.54) is 32.1 Å². The summed E-state index contributed by atoms with van der Waals surface area (Å²) in [5.41, 5.74) is 1.04. The fourth-order valence-electron chi connectivity index (χ4n) is 2.61. The predicted molar refractivity (Wildman–Crippen MR) is 48.4 cm³/mol. The predicted octanol–water partition coefficient (Wildman–Crippen LogP) is 3.04. The summed E-state index contributed by atoms with van der Waals surface area (Å²) in [4.78, 5) is 0. The summed E-state index contributed by atoms with van der Waals surface area (Å²) in [5.74, 6) is 1.76. The van der Waals surface area contributed by atoms with Crippen LogP contribution >= 0.6 is 0 Å². The molecule has 12 heavy (non-hydrogen) atoms. The molecule has 0 N–H and O–H groups in total. The maximum Gasteiger partial charge on any atom is 0.0943 e. The standard InChI is InChI=1S/C11H15N/c12-8-9-5-6-10-3-1-2-4-11(10)7-9/h5,10-11H,1-4,6-7H2. The Morgan fingerprint density at radius 3 is 2.75 bits per heavy atom. The van der Waals surface area contributed by atoms with Gasteiger partial charge in [0, 0.05) is 5.57 Å². The minimum absolute atomic E-state index is 0.846. The van der Waals surface area contributed by atoms with Crippen molar-refractivity contribution >= 4 is 0 Å². The van der Waals surface area contributed by atoms with Crippen molar-refractivity contribution in [2.24, 2.45) is 11.8 Å². The van der Waals surface area contributed by atoms with E-state index < -0.39 is 0 Å². The monoisotopic (exact) mass is 161 g/mol. The van der Waals surface area contributed by atoms with Gasteiger partial charge in [-0.3, -0.25) is 0 Å². The van der Waals surface area contributed by atoms with E-state index in [9.17, 15) is 0 Å². The molecule has 2 unspecified atom stereocenters. The average molecular weight is 161 g/mol. The van der Waals surface area contributed by atoms with E-state index in [1.54, 1.807) is 0 Å². The van der Waals surface area contributed by atoms with Crippen LogP contribution in [0.25, 0.3) is 0 Å². The third-order valence-electron chi connectivity index (χ3n) is 3.36. The minimum atomic E-state index is 0.846. The van der Waals surface area contributed by atoms with E-state index in [1.807, 2.05) is 0 Å². The van der Waals surface area contributed by atoms with Crippen LogP contribution in [0, 0.1) is 23.2 Å². The Bertz CT molecular complexity index is 234. The number of hydrogen-bond acceptors (Lipinski definition) is 1. The summed E-state index contributed by atoms with van der Waals surface area (Å²) in [7, 11) is 0. The van der Waals surface area contributed by atoms with E-state index in [0.717, 1.165) is 23.8 Å². The van der Waals surface area contributed by atoms with Gasteiger partial charge in [-0.15, -0.1) is 0 Å². The molecule has 0 aromatic heterocycles. The third-order valence-corrected chi connectivity index (χ3v) is 3.36. The van der Waals surface area contributed by atoms with Crippen molar-refractivity contribution in [3.63, 3.8) is 0 Å². The van der Waals surface area contributed by atoms with Gasteiger partial charge in [-0.2, -0.15) is 5.26 Å². The number of nitrogens with zero attached hydrogens (tertiary/aromatic N) is 1. The zero-order chi connectivity index (χ0) is 8.39. The maximum atomic E-state index is 8.76. The van der Waals surface area contributed by atoms with E-state index >= 15 is 0 Å². The van der Waals surface area contributed by atoms with Crippen LogP contribution in [0.5, 0.6) is 0 Å². The fraction of sp³-hybridized carbons (Fsp3) is 0.727. The molecule has 0 aromatic carbocycles. The normalized spacial score (nSPS) is 34.8. The van der Waals surface area contributed by atoms with Gasteiger partial charge in [-0.05, 0) is 37.5 Å². The van der Waals surface area contributed by atoms with Crippen molar-refractivity contribution in [1.29, 1.82) is 5.26 Å². The average Bonchev–Trinajstić information content (AvgIpc) is 2.17. The molecule has 1 fully saturated rings. The van der Waals surface area contributed by atoms with Crippen LogP contribution in [-0.2, 0) is 0 Å². The summed E-state index contributed by atoms with van der Waals surface area (Å²) in [6.45, 7) is 0. The van der Waals surface area contributed by atoms with Crippen molar-refractivity contribution in [2.75, 3.05) is 0 Å². The molecule has 2 aliphatic rings. The Morgan fingerprint density at radius 2 is 2.00 bits per heavy atom. The van der Waals surface area contributed by atoms with Crippen molar-refractivity contribution in [3.05, 3.63) is 11.6 Å². The van der Waals surface area contributed by atoms with Gasteiger partial charge in [0.15, 0.2) is 0 Å². The highest BCUT2D eigenvalue weighted by atomic mass is 14.3. The second-order valence-corrected chi connectivity index (χ2v) is 4.09. The molecule has 2 aliphatic carbocycles. The Kier molecular flexibility index (Phi) is 2.17. The summed E-state index contributed by atoms with van der Waals surface area (Å²) in [6, 6.07) is 2.30. The molecule has 2 rings (SSSR count). The first-order chi connectivity index (χ1) is 5.90. The summed E-state index contributed by atoms with van der Waals surface area (Å²) < 4.78 is 0. The highest BCUT2D eigenvalue weighted by Gasteiger charge is 2.27. The Hall–Kier alpha value is -0.770. The van der Waals surface area contributed by atoms with Crippen molar-refractivity contribution in [3.8, 4) is 6.07 Å². The highest BCUT2D eigenvalue weighted by Crippen LogP contribution is 2.39. The molecule has 0 bridgehead atoms. The van der Waals surface area contributed by atoms with E-state index in [4.69, 9.17) is 5.26 Å². The van der Waals surface area contributed by atoms with Crippen LogP contribution < -0.4 is 0 Å². The molecule has 64 valence electrons. The molecule has 0 aliphatic heterocycles. The van der Waals surface area contributed by atoms with Crippen molar-refractivity contribution in [2.45, 2.75) is 38.5 Å². The molecule has 0 aromatic rings. The van der Waals surface area contributed by atoms with Crippen LogP contribution in [0.4, 0.5) is 0 Å². The second kappa shape index (κ2) is 3.31. The molecule has 0 radical (unpaired) electrons. The quantitative estimate of drug-likeness (QED) is 0.535. The molecule has 2 atom stereocenters. The smallest absolute Gasteiger partial charge is 0.0943 e. The lowest BCUT2D eigenvalue weighted by atomic mass is 9.71. The Morgan fingerprint density at radius 1 is 1.25 bits per heavy atom. The number of allylic oxidation sites excluding steroid dienone is 2. The van der Waals surface area contributed by atoms with Gasteiger partial charge in [-0.1, -0.05) is 18.9 Å². The van der Waals surface area contributed by atoms with E-state index in [-0.39, 0.29) is 0 Å². The van der Waals surface area contributed by atoms with Gasteiger partial charge in [0.1, 0.15) is 0 Å². The molecular weight excluding hydrogens is 146 g/mol. The lowest BCUT2D eigenvalue weighted by molar-refractivity contribution is 0.228. The largest absolute Gasteiger partial charge is 0.193 e. The zero-order valence-corrected chi connectivity index (χ0v) is 7.42. The first kappa shape index (κ1) is 7.86. The van der Waals surface area contributed by atoms with Gasteiger partial charge in [0.05, 0.1) is 6.07 Å². The minimum Gasteiger partial charge on any atom is -0.193 e. The van der Waals surface area contributed by atoms with Crippen molar-refractivity contribution in [1.82, 2.24) is 0 Å². The number of nitriles is 1. The van der Waals surface area contributed by atoms with Crippen molar-refractivity contribution < 1.29 is 0 Å². The molecule has 0 spiro atoms. The summed E-state index contributed by atoms with van der Waals surface area (Å²) in [6.07, 6.45) is 9.97. The van der Waals surface area contributed by atoms with E-state index in [2.05, 4.69) is 12.1 Å². The number of rotatable bonds is 0. The number of fused-ring (bicyclic) bond motifs is 1. The molecular formula is C11H15N. The van der Waals surface area contributed by atoms with Crippen LogP contribution in [-0.4, -0.2) is 0 Å². The maximum absolute atomic E-state index is 8.76. The lowest BCUT2D eigenvalue weighted by Gasteiger charge is -2.33. The fourth-order valence-corrected chi connectivity index (χ4v) is 2.61. The first-order valence-corrected chi connectivity index (χ1v) is 4.99. The molecule has 0 heterocycles. The van der Waals surface area contributed by atoms with Crippen LogP contribution in [0.2, 0.25) is 0 Å². The van der Waals surface area contributed by atoms with Gasteiger partial charge in [-0.25, -0.2) is 0 Å². The summed E-state index contributed by atoms with van der Waals surface area (Å²) >= 11 is 0. The van der Waals surface area contributed by atoms with Crippen LogP contribution in [0.15, 0.2) is 11.6 Å². The van der Waals surface area contributed by atoms with Gasteiger partial charge < -0.3 is 0 Å². The molecule has 1 heteroatoms. The highest BCUT2D eigenvalue weighted by molar-refractivity contribution is 5.23. The van der Waals surface area contributed by atoms with Gasteiger partial charge in [0.25, 0.3) is 0 Å². The molecule has 1 saturated carbocycles. The summed E-state index contributed by atoms with van der Waals surface area (Å²) in [5, 5.41) is 8.76. The Labute approximate surface area is 74.1 Å². The van der Waals surface area contributed by atoms with Crippen LogP contribution in [0.1, 0.15) is 38.5 Å². The molecule has 1 nitrogen and oxygen atoms in total. The molecule has 0 amide bonds. The Balaban J connectivity index is 2.06. The topological polar surface area (TPSA) is 23.8 Å². The van der Waals surface area contributed by atoms with Gasteiger partial charge in [0.2, 0.25) is 0 Å². The van der Waals surface area contributed by atoms with Gasteiger partial charge >= 0.3 is 0 Å². The SMILES string of the molecule is N#CC1=CCC2CCCCC2C1. The number of hydrogen-bond donors (Lipinski definition) is 0. The first-order valence-electron chi connectivity index (χ1n) is 4.99. The van der Waals surface area contributed by atoms with Crippen LogP contribution in [0.3, 0.4) is 0 Å². The molecule has 0 saturated heterocycles. The second-order valence-electron chi connectivity index (χ2n) is 4.09. The zero-order valence-electron chi connectivity index (χ0n) is 7.42.